The van der Waals surface area contributed by atoms with Gasteiger partial charge >= 0.3 is 17.9 Å². The fourth-order valence-corrected chi connectivity index (χ4v) is 1.61. The molecule has 0 spiro atoms. The molecule has 112 valence electrons. The number of carbonyl (C=O) groups excluding carboxylic acids is 1. The molecule has 3 N–H and O–H groups in total. The number of rotatable bonds is 6. The number of hydrogen-bond donors (Lipinski definition) is 3. The lowest BCUT2D eigenvalue weighted by Crippen LogP contribution is -2.11. The van der Waals surface area contributed by atoms with Crippen LogP contribution in [0.15, 0.2) is 24.3 Å². The van der Waals surface area contributed by atoms with Crippen molar-refractivity contribution in [3.63, 3.8) is 0 Å². The molecule has 0 aromatic heterocycles. The van der Waals surface area contributed by atoms with E-state index in [1.165, 1.54) is 13.0 Å². The van der Waals surface area contributed by atoms with Gasteiger partial charge in [0.05, 0.1) is 12.2 Å². The maximum absolute atomic E-state index is 11.2. The topological polar surface area (TPSA) is 121 Å². The minimum absolute atomic E-state index is 0.0467. The zero-order valence-electron chi connectivity index (χ0n) is 11.3. The van der Waals surface area contributed by atoms with Crippen LogP contribution in [0.4, 0.5) is 0 Å². The second kappa shape index (κ2) is 6.56. The number of aromatic carboxylic acids is 2. The summed E-state index contributed by atoms with van der Waals surface area (Å²) in [5.41, 5.74) is -0.813. The third-order valence-electron chi connectivity index (χ3n) is 2.66. The summed E-state index contributed by atoms with van der Waals surface area (Å²) >= 11 is 0. The number of carboxylic acid groups (broad SMARTS) is 2. The first-order valence-corrected chi connectivity index (χ1v) is 5.89. The molecular weight excluding hydrogens is 280 g/mol. The van der Waals surface area contributed by atoms with Gasteiger partial charge in [-0.25, -0.2) is 14.4 Å². The Hall–Kier alpha value is -2.83. The molecule has 1 rings (SSSR count). The van der Waals surface area contributed by atoms with Gasteiger partial charge in [0.2, 0.25) is 0 Å². The number of carboxylic acids is 2. The minimum atomic E-state index is -1.55. The van der Waals surface area contributed by atoms with Crippen LogP contribution in [0.3, 0.4) is 0 Å². The Morgan fingerprint density at radius 1 is 1.19 bits per heavy atom. The van der Waals surface area contributed by atoms with Crippen molar-refractivity contribution in [2.75, 3.05) is 6.61 Å². The van der Waals surface area contributed by atoms with E-state index in [1.54, 1.807) is 0 Å². The van der Waals surface area contributed by atoms with Crippen molar-refractivity contribution in [1.29, 1.82) is 0 Å². The van der Waals surface area contributed by atoms with Gasteiger partial charge in [-0.15, -0.1) is 0 Å². The molecule has 0 aliphatic heterocycles. The molecule has 0 aliphatic rings. The largest absolute Gasteiger partial charge is 0.507 e. The van der Waals surface area contributed by atoms with Crippen molar-refractivity contribution < 1.29 is 34.4 Å². The van der Waals surface area contributed by atoms with Crippen LogP contribution in [-0.2, 0) is 16.0 Å². The highest BCUT2D eigenvalue weighted by Gasteiger charge is 2.22. The van der Waals surface area contributed by atoms with Crippen LogP contribution < -0.4 is 0 Å². The lowest BCUT2D eigenvalue weighted by molar-refractivity contribution is -0.138. The molecule has 0 fully saturated rings. The Bertz CT molecular complexity index is 616. The molecule has 0 aliphatic carbocycles. The van der Waals surface area contributed by atoms with Crippen molar-refractivity contribution in [2.45, 2.75) is 13.3 Å². The molecule has 7 nitrogen and oxygen atoms in total. The molecule has 1 aromatic carbocycles. The maximum atomic E-state index is 11.2. The second-order valence-corrected chi connectivity index (χ2v) is 4.27. The molecule has 0 atom stereocenters. The molecule has 0 saturated carbocycles. The highest BCUT2D eigenvalue weighted by atomic mass is 16.5. The summed E-state index contributed by atoms with van der Waals surface area (Å²) in [5.74, 6) is -4.25. The van der Waals surface area contributed by atoms with Crippen LogP contribution >= 0.6 is 0 Å². The summed E-state index contributed by atoms with van der Waals surface area (Å²) in [5, 5.41) is 27.7. The zero-order valence-corrected chi connectivity index (χ0v) is 11.3. The number of ether oxygens (including phenoxy) is 1. The van der Waals surface area contributed by atoms with Crippen LogP contribution in [-0.4, -0.2) is 39.8 Å². The molecule has 7 heteroatoms. The van der Waals surface area contributed by atoms with Crippen molar-refractivity contribution in [2.24, 2.45) is 0 Å². The first-order chi connectivity index (χ1) is 9.75. The monoisotopic (exact) mass is 294 g/mol. The highest BCUT2D eigenvalue weighted by Crippen LogP contribution is 2.27. The van der Waals surface area contributed by atoms with Crippen molar-refractivity contribution in [1.82, 2.24) is 0 Å². The van der Waals surface area contributed by atoms with Crippen LogP contribution in [0, 0.1) is 0 Å². The summed E-state index contributed by atoms with van der Waals surface area (Å²) in [6.07, 6.45) is 0.0467. The fraction of sp³-hybridized carbons (Fsp3) is 0.214. The third kappa shape index (κ3) is 3.82. The molecule has 21 heavy (non-hydrogen) atoms. The van der Waals surface area contributed by atoms with E-state index < -0.39 is 34.8 Å². The summed E-state index contributed by atoms with van der Waals surface area (Å²) in [6.45, 7) is 4.78. The Labute approximate surface area is 120 Å². The predicted molar refractivity (Wildman–Crippen MR) is 71.5 cm³/mol. The van der Waals surface area contributed by atoms with E-state index in [2.05, 4.69) is 6.58 Å². The van der Waals surface area contributed by atoms with Gasteiger partial charge in [-0.05, 0) is 18.6 Å². The van der Waals surface area contributed by atoms with E-state index in [0.717, 1.165) is 6.07 Å². The molecule has 0 saturated heterocycles. The molecule has 0 bridgehead atoms. The Balaban J connectivity index is 2.98. The van der Waals surface area contributed by atoms with Crippen molar-refractivity contribution in [3.8, 4) is 5.75 Å². The Kier molecular flexibility index (Phi) is 5.06. The van der Waals surface area contributed by atoms with Gasteiger partial charge in [0.1, 0.15) is 11.3 Å². The smallest absolute Gasteiger partial charge is 0.340 e. The molecular formula is C14H14O7. The molecule has 0 radical (unpaired) electrons. The van der Waals surface area contributed by atoms with Crippen LogP contribution in [0.5, 0.6) is 5.75 Å². The Morgan fingerprint density at radius 3 is 2.29 bits per heavy atom. The van der Waals surface area contributed by atoms with Crippen molar-refractivity contribution in [3.05, 3.63) is 41.0 Å². The number of aromatic hydroxyl groups is 1. The lowest BCUT2D eigenvalue weighted by Gasteiger charge is -2.10. The van der Waals surface area contributed by atoms with Crippen molar-refractivity contribution >= 4 is 17.9 Å². The molecule has 1 aromatic rings. The number of carbonyl (C=O) groups is 3. The SMILES string of the molecule is C=C(C)C(=O)OCCc1ccc(C(=O)O)c(C(=O)O)c1O. The third-order valence-corrected chi connectivity index (χ3v) is 2.66. The standard InChI is InChI=1S/C14H14O7/c1-7(2)14(20)21-6-5-8-3-4-9(12(16)17)10(11(8)15)13(18)19/h3-4,15H,1,5-6H2,2H3,(H,16,17)(H,18,19). The maximum Gasteiger partial charge on any atom is 0.340 e. The molecule has 0 unspecified atom stereocenters. The van der Waals surface area contributed by atoms with E-state index in [1.807, 2.05) is 0 Å². The first-order valence-electron chi connectivity index (χ1n) is 5.89. The van der Waals surface area contributed by atoms with Crippen LogP contribution in [0.25, 0.3) is 0 Å². The van der Waals surface area contributed by atoms with E-state index in [9.17, 15) is 19.5 Å². The minimum Gasteiger partial charge on any atom is -0.507 e. The summed E-state index contributed by atoms with van der Waals surface area (Å²) in [4.78, 5) is 33.1. The van der Waals surface area contributed by atoms with Crippen LogP contribution in [0.1, 0.15) is 33.2 Å². The number of esters is 1. The van der Waals surface area contributed by atoms with Crippen LogP contribution in [0.2, 0.25) is 0 Å². The second-order valence-electron chi connectivity index (χ2n) is 4.27. The average molecular weight is 294 g/mol. The van der Waals surface area contributed by atoms with E-state index >= 15 is 0 Å². The summed E-state index contributed by atoms with van der Waals surface area (Å²) in [7, 11) is 0. The van der Waals surface area contributed by atoms with Gasteiger partial charge in [0.25, 0.3) is 0 Å². The van der Waals surface area contributed by atoms with Gasteiger partial charge in [-0.1, -0.05) is 12.6 Å². The van der Waals surface area contributed by atoms with Gasteiger partial charge < -0.3 is 20.1 Å². The normalized spacial score (nSPS) is 9.95. The average Bonchev–Trinajstić information content (AvgIpc) is 2.39. The van der Waals surface area contributed by atoms with Gasteiger partial charge in [-0.2, -0.15) is 0 Å². The van der Waals surface area contributed by atoms with Gasteiger partial charge in [0.15, 0.2) is 0 Å². The van der Waals surface area contributed by atoms with Gasteiger partial charge in [-0.3, -0.25) is 0 Å². The first kappa shape index (κ1) is 16.2. The fourth-order valence-electron chi connectivity index (χ4n) is 1.61. The van der Waals surface area contributed by atoms with E-state index in [4.69, 9.17) is 14.9 Å². The van der Waals surface area contributed by atoms with E-state index in [0.29, 0.717) is 0 Å². The van der Waals surface area contributed by atoms with E-state index in [-0.39, 0.29) is 24.2 Å². The Morgan fingerprint density at radius 2 is 1.81 bits per heavy atom. The lowest BCUT2D eigenvalue weighted by atomic mass is 10.0. The summed E-state index contributed by atoms with van der Waals surface area (Å²) < 4.78 is 4.83. The zero-order chi connectivity index (χ0) is 16.2. The summed E-state index contributed by atoms with van der Waals surface area (Å²) in [6, 6.07) is 2.36. The number of benzene rings is 1. The number of phenols is 1. The quantitative estimate of drug-likeness (QED) is 0.536. The molecule has 0 heterocycles. The highest BCUT2D eigenvalue weighted by molar-refractivity contribution is 6.04. The van der Waals surface area contributed by atoms with Gasteiger partial charge in [0, 0.05) is 12.0 Å². The molecule has 0 amide bonds. The predicted octanol–water partition coefficient (Wildman–Crippen LogP) is 1.45. The number of hydrogen-bond acceptors (Lipinski definition) is 5.